The van der Waals surface area contributed by atoms with Gasteiger partial charge in [-0.2, -0.15) is 0 Å². The summed E-state index contributed by atoms with van der Waals surface area (Å²) < 4.78 is 4.75. The van der Waals surface area contributed by atoms with Crippen molar-refractivity contribution in [1.29, 1.82) is 0 Å². The predicted molar refractivity (Wildman–Crippen MR) is 78.5 cm³/mol. The predicted octanol–water partition coefficient (Wildman–Crippen LogP) is 1.95. The van der Waals surface area contributed by atoms with Crippen molar-refractivity contribution in [2.45, 2.75) is 39.7 Å². The number of nitrogens with one attached hydrogen (secondary N) is 1. The lowest BCUT2D eigenvalue weighted by Gasteiger charge is -2.18. The highest BCUT2D eigenvalue weighted by Crippen LogP contribution is 2.27. The molecule has 0 spiro atoms. The van der Waals surface area contributed by atoms with Crippen LogP contribution in [0.1, 0.15) is 37.8 Å². The molecule has 0 aromatic heterocycles. The Labute approximate surface area is 119 Å². The molecule has 0 radical (unpaired) electrons. The van der Waals surface area contributed by atoms with Crippen LogP contribution < -0.4 is 11.1 Å². The molecule has 0 saturated carbocycles. The molecule has 1 aromatic carbocycles. The van der Waals surface area contributed by atoms with Gasteiger partial charge in [0.05, 0.1) is 6.61 Å². The molecule has 0 aliphatic rings. The molecule has 1 aromatic rings. The largest absolute Gasteiger partial charge is 0.464 e. The fraction of sp³-hybridized carbons (Fsp3) is 0.467. The van der Waals surface area contributed by atoms with Crippen LogP contribution in [0, 0.1) is 6.92 Å². The molecular formula is C15H22N2O3. The van der Waals surface area contributed by atoms with E-state index in [9.17, 15) is 9.59 Å². The number of ether oxygens (including phenoxy) is 1. The number of aryl methyl sites for hydroxylation is 1. The zero-order chi connectivity index (χ0) is 15.3. The number of carbonyl (C=O) groups is 2. The molecule has 0 saturated heterocycles. The molecule has 0 heterocycles. The van der Waals surface area contributed by atoms with Crippen LogP contribution in [-0.4, -0.2) is 24.5 Å². The number of carbonyl (C=O) groups excluding carboxylic acids is 2. The maximum atomic E-state index is 12.0. The second kappa shape index (κ2) is 7.05. The standard InChI is InChI=1S/C15H22N2O3/c1-5-20-15(19)12(16)14(18)17-13-10(4)7-6-8-11(13)9(2)3/h6-9,12H,5,16H2,1-4H3,(H,17,18). The third-order valence-electron chi connectivity index (χ3n) is 3.00. The van der Waals surface area contributed by atoms with E-state index in [2.05, 4.69) is 5.32 Å². The van der Waals surface area contributed by atoms with Crippen molar-refractivity contribution >= 4 is 17.6 Å². The first kappa shape index (κ1) is 16.2. The Bertz CT molecular complexity index is 498. The van der Waals surface area contributed by atoms with Crippen LogP contribution >= 0.6 is 0 Å². The smallest absolute Gasteiger partial charge is 0.332 e. The molecule has 5 heteroatoms. The zero-order valence-corrected chi connectivity index (χ0v) is 12.4. The lowest BCUT2D eigenvalue weighted by Crippen LogP contribution is -2.43. The van der Waals surface area contributed by atoms with Gasteiger partial charge in [0.15, 0.2) is 6.04 Å². The Hall–Kier alpha value is -1.88. The van der Waals surface area contributed by atoms with Crippen LogP contribution in [-0.2, 0) is 14.3 Å². The van der Waals surface area contributed by atoms with Gasteiger partial charge >= 0.3 is 5.97 Å². The quantitative estimate of drug-likeness (QED) is 0.637. The van der Waals surface area contributed by atoms with Crippen molar-refractivity contribution in [3.63, 3.8) is 0 Å². The highest BCUT2D eigenvalue weighted by Gasteiger charge is 2.24. The Morgan fingerprint density at radius 1 is 1.35 bits per heavy atom. The van der Waals surface area contributed by atoms with E-state index in [1.165, 1.54) is 0 Å². The molecule has 0 fully saturated rings. The Morgan fingerprint density at radius 2 is 2.00 bits per heavy atom. The number of hydrogen-bond acceptors (Lipinski definition) is 4. The summed E-state index contributed by atoms with van der Waals surface area (Å²) in [7, 11) is 0. The van der Waals surface area contributed by atoms with Gasteiger partial charge in [0.2, 0.25) is 0 Å². The average molecular weight is 278 g/mol. The van der Waals surface area contributed by atoms with Gasteiger partial charge in [-0.15, -0.1) is 0 Å². The van der Waals surface area contributed by atoms with E-state index in [0.29, 0.717) is 5.69 Å². The SMILES string of the molecule is CCOC(=O)C(N)C(=O)Nc1c(C)cccc1C(C)C. The van der Waals surface area contributed by atoms with Gasteiger partial charge in [-0.3, -0.25) is 4.79 Å². The maximum absolute atomic E-state index is 12.0. The van der Waals surface area contributed by atoms with Gasteiger partial charge in [-0.05, 0) is 30.9 Å². The third-order valence-corrected chi connectivity index (χ3v) is 3.00. The van der Waals surface area contributed by atoms with Gasteiger partial charge in [0, 0.05) is 5.69 Å². The number of anilines is 1. The first-order chi connectivity index (χ1) is 9.38. The fourth-order valence-electron chi connectivity index (χ4n) is 1.88. The summed E-state index contributed by atoms with van der Waals surface area (Å²) in [5.41, 5.74) is 8.24. The van der Waals surface area contributed by atoms with Gasteiger partial charge < -0.3 is 15.8 Å². The Morgan fingerprint density at radius 3 is 2.55 bits per heavy atom. The highest BCUT2D eigenvalue weighted by molar-refractivity contribution is 6.08. The van der Waals surface area contributed by atoms with E-state index in [-0.39, 0.29) is 12.5 Å². The molecule has 1 unspecified atom stereocenters. The van der Waals surface area contributed by atoms with Crippen molar-refractivity contribution < 1.29 is 14.3 Å². The van der Waals surface area contributed by atoms with Crippen molar-refractivity contribution in [3.05, 3.63) is 29.3 Å². The van der Waals surface area contributed by atoms with Crippen LogP contribution in [0.25, 0.3) is 0 Å². The molecule has 110 valence electrons. The topological polar surface area (TPSA) is 81.4 Å². The summed E-state index contributed by atoms with van der Waals surface area (Å²) in [6.45, 7) is 7.84. The van der Waals surface area contributed by atoms with Crippen molar-refractivity contribution in [1.82, 2.24) is 0 Å². The number of hydrogen-bond donors (Lipinski definition) is 2. The summed E-state index contributed by atoms with van der Waals surface area (Å²) in [4.78, 5) is 23.5. The summed E-state index contributed by atoms with van der Waals surface area (Å²) in [5.74, 6) is -1.02. The normalized spacial score (nSPS) is 12.1. The van der Waals surface area contributed by atoms with Gasteiger partial charge in [0.1, 0.15) is 0 Å². The monoisotopic (exact) mass is 278 g/mol. The first-order valence-corrected chi connectivity index (χ1v) is 6.71. The second-order valence-corrected chi connectivity index (χ2v) is 4.91. The van der Waals surface area contributed by atoms with Crippen molar-refractivity contribution in [3.8, 4) is 0 Å². The van der Waals surface area contributed by atoms with E-state index < -0.39 is 17.9 Å². The molecule has 3 N–H and O–H groups in total. The van der Waals surface area contributed by atoms with Crippen LogP contribution in [0.5, 0.6) is 0 Å². The molecule has 0 aliphatic carbocycles. The summed E-state index contributed by atoms with van der Waals surface area (Å²) in [6.07, 6.45) is 0. The molecule has 0 bridgehead atoms. The van der Waals surface area contributed by atoms with Gasteiger partial charge in [-0.25, -0.2) is 4.79 Å². The van der Waals surface area contributed by atoms with Crippen molar-refractivity contribution in [2.75, 3.05) is 11.9 Å². The van der Waals surface area contributed by atoms with E-state index in [4.69, 9.17) is 10.5 Å². The van der Waals surface area contributed by atoms with E-state index in [0.717, 1.165) is 11.1 Å². The van der Waals surface area contributed by atoms with Gasteiger partial charge in [0.25, 0.3) is 5.91 Å². The molecule has 20 heavy (non-hydrogen) atoms. The molecule has 5 nitrogen and oxygen atoms in total. The van der Waals surface area contributed by atoms with Gasteiger partial charge in [-0.1, -0.05) is 32.0 Å². The molecule has 1 atom stereocenters. The summed E-state index contributed by atoms with van der Waals surface area (Å²) in [6, 6.07) is 4.47. The maximum Gasteiger partial charge on any atom is 0.332 e. The van der Waals surface area contributed by atoms with Crippen LogP contribution in [0.4, 0.5) is 5.69 Å². The number of rotatable bonds is 5. The van der Waals surface area contributed by atoms with Crippen LogP contribution in [0.3, 0.4) is 0 Å². The van der Waals surface area contributed by atoms with Crippen LogP contribution in [0.2, 0.25) is 0 Å². The zero-order valence-electron chi connectivity index (χ0n) is 12.4. The second-order valence-electron chi connectivity index (χ2n) is 4.91. The summed E-state index contributed by atoms with van der Waals surface area (Å²) in [5, 5.41) is 2.73. The number of benzene rings is 1. The lowest BCUT2D eigenvalue weighted by molar-refractivity contribution is -0.146. The minimum Gasteiger partial charge on any atom is -0.464 e. The first-order valence-electron chi connectivity index (χ1n) is 6.71. The lowest BCUT2D eigenvalue weighted by atomic mass is 9.98. The number of nitrogens with two attached hydrogens (primary N) is 1. The molecular weight excluding hydrogens is 256 g/mol. The Balaban J connectivity index is 2.93. The van der Waals surface area contributed by atoms with E-state index >= 15 is 0 Å². The minimum atomic E-state index is -1.31. The van der Waals surface area contributed by atoms with Crippen LogP contribution in [0.15, 0.2) is 18.2 Å². The average Bonchev–Trinajstić information content (AvgIpc) is 2.39. The number of para-hydroxylation sites is 1. The van der Waals surface area contributed by atoms with E-state index in [1.54, 1.807) is 6.92 Å². The summed E-state index contributed by atoms with van der Waals surface area (Å²) >= 11 is 0. The van der Waals surface area contributed by atoms with E-state index in [1.807, 2.05) is 39.0 Å². The number of esters is 1. The highest BCUT2D eigenvalue weighted by atomic mass is 16.5. The minimum absolute atomic E-state index is 0.196. The number of amides is 1. The molecule has 1 amide bonds. The third kappa shape index (κ3) is 3.81. The Kier molecular flexibility index (Phi) is 5.70. The fourth-order valence-corrected chi connectivity index (χ4v) is 1.88. The van der Waals surface area contributed by atoms with Crippen molar-refractivity contribution in [2.24, 2.45) is 5.73 Å². The molecule has 0 aliphatic heterocycles. The molecule has 1 rings (SSSR count).